The van der Waals surface area contributed by atoms with Crippen LogP contribution in [-0.4, -0.2) is 42.2 Å². The Morgan fingerprint density at radius 2 is 1.94 bits per heavy atom. The van der Waals surface area contributed by atoms with E-state index in [1.54, 1.807) is 0 Å². The summed E-state index contributed by atoms with van der Waals surface area (Å²) >= 11 is 5.07. The van der Waals surface area contributed by atoms with E-state index in [0.29, 0.717) is 4.99 Å². The largest absolute Gasteiger partial charge is 0.378 e. The van der Waals surface area contributed by atoms with Crippen molar-refractivity contribution in [2.24, 2.45) is 4.99 Å². The molecule has 0 aliphatic carbocycles. The summed E-state index contributed by atoms with van der Waals surface area (Å²) in [6, 6.07) is 9.98. The zero-order chi connectivity index (χ0) is 12.8. The van der Waals surface area contributed by atoms with Crippen LogP contribution in [0, 0.1) is 0 Å². The van der Waals surface area contributed by atoms with Crippen molar-refractivity contribution >= 4 is 28.9 Å². The maximum Gasteiger partial charge on any atom is 0.204 e. The van der Waals surface area contributed by atoms with Crippen LogP contribution in [0.4, 0.5) is 5.69 Å². The minimum Gasteiger partial charge on any atom is -0.378 e. The molecule has 0 amide bonds. The standard InChI is InChI=1S/C13H17N3OS/c1-11(18)14-13(16-7-9-17-10-8-16)15-12-5-3-2-4-6-12/h2-6H,7-10H2,1H3,(H,14,15,18). The van der Waals surface area contributed by atoms with E-state index in [9.17, 15) is 0 Å². The van der Waals surface area contributed by atoms with Gasteiger partial charge in [-0.1, -0.05) is 30.4 Å². The maximum absolute atomic E-state index is 5.35. The first-order valence-electron chi connectivity index (χ1n) is 6.00. The summed E-state index contributed by atoms with van der Waals surface area (Å²) in [6.07, 6.45) is 0. The molecule has 0 bridgehead atoms. The molecule has 1 heterocycles. The highest BCUT2D eigenvalue weighted by Gasteiger charge is 2.15. The highest BCUT2D eigenvalue weighted by Crippen LogP contribution is 2.08. The van der Waals surface area contributed by atoms with E-state index in [2.05, 4.69) is 15.2 Å². The fourth-order valence-corrected chi connectivity index (χ4v) is 1.84. The molecule has 1 aromatic carbocycles. The maximum atomic E-state index is 5.35. The molecule has 1 N–H and O–H groups in total. The number of aliphatic imine (C=N–C) groups is 1. The monoisotopic (exact) mass is 263 g/mol. The number of thiocarbonyl (C=S) groups is 1. The molecule has 96 valence electrons. The molecular formula is C13H17N3OS. The van der Waals surface area contributed by atoms with Gasteiger partial charge < -0.3 is 15.0 Å². The third kappa shape index (κ3) is 3.78. The minimum absolute atomic E-state index is 0.625. The van der Waals surface area contributed by atoms with E-state index in [1.807, 2.05) is 37.3 Å². The number of morpholine rings is 1. The van der Waals surface area contributed by atoms with Crippen molar-refractivity contribution in [1.82, 2.24) is 4.90 Å². The number of anilines is 1. The molecule has 1 fully saturated rings. The molecular weight excluding hydrogens is 246 g/mol. The second-order valence-corrected chi connectivity index (χ2v) is 4.64. The van der Waals surface area contributed by atoms with Gasteiger partial charge in [-0.2, -0.15) is 0 Å². The number of hydrogen-bond donors (Lipinski definition) is 1. The zero-order valence-electron chi connectivity index (χ0n) is 10.4. The number of guanidine groups is 1. The molecule has 1 saturated heterocycles. The Labute approximate surface area is 113 Å². The van der Waals surface area contributed by atoms with Crippen LogP contribution >= 0.6 is 12.2 Å². The smallest absolute Gasteiger partial charge is 0.204 e. The lowest BCUT2D eigenvalue weighted by atomic mass is 10.3. The second kappa shape index (κ2) is 6.47. The quantitative estimate of drug-likeness (QED) is 0.478. The average molecular weight is 263 g/mol. The van der Waals surface area contributed by atoms with Crippen molar-refractivity contribution in [2.75, 3.05) is 31.6 Å². The summed E-state index contributed by atoms with van der Waals surface area (Å²) in [5.41, 5.74) is 1.01. The first-order valence-corrected chi connectivity index (χ1v) is 6.40. The van der Waals surface area contributed by atoms with Gasteiger partial charge in [0.1, 0.15) is 4.99 Å². The van der Waals surface area contributed by atoms with E-state index in [0.717, 1.165) is 38.0 Å². The van der Waals surface area contributed by atoms with Crippen molar-refractivity contribution < 1.29 is 4.74 Å². The van der Waals surface area contributed by atoms with E-state index < -0.39 is 0 Å². The highest BCUT2D eigenvalue weighted by atomic mass is 32.1. The van der Waals surface area contributed by atoms with Crippen LogP contribution < -0.4 is 5.32 Å². The van der Waals surface area contributed by atoms with Crippen LogP contribution in [0.1, 0.15) is 6.92 Å². The van der Waals surface area contributed by atoms with Crippen molar-refractivity contribution in [3.05, 3.63) is 30.3 Å². The fourth-order valence-electron chi connectivity index (χ4n) is 1.75. The molecule has 0 spiro atoms. The lowest BCUT2D eigenvalue weighted by molar-refractivity contribution is 0.0681. The Bertz CT molecular complexity index is 427. The number of rotatable bonds is 1. The van der Waals surface area contributed by atoms with Gasteiger partial charge in [-0.05, 0) is 19.1 Å². The Morgan fingerprint density at radius 3 is 2.56 bits per heavy atom. The predicted octanol–water partition coefficient (Wildman–Crippen LogP) is 2.13. The van der Waals surface area contributed by atoms with E-state index in [1.165, 1.54) is 0 Å². The molecule has 5 heteroatoms. The molecule has 1 aliphatic heterocycles. The third-order valence-corrected chi connectivity index (χ3v) is 2.70. The first-order chi connectivity index (χ1) is 8.75. The molecule has 4 nitrogen and oxygen atoms in total. The highest BCUT2D eigenvalue weighted by molar-refractivity contribution is 7.80. The van der Waals surface area contributed by atoms with Gasteiger partial charge in [0.15, 0.2) is 0 Å². The first kappa shape index (κ1) is 13.0. The van der Waals surface area contributed by atoms with Crippen LogP contribution in [0.15, 0.2) is 35.3 Å². The fraction of sp³-hybridized carbons (Fsp3) is 0.385. The topological polar surface area (TPSA) is 36.9 Å². The van der Waals surface area contributed by atoms with Crippen molar-refractivity contribution in [3.8, 4) is 0 Å². The number of nitrogens with one attached hydrogen (secondary N) is 1. The molecule has 1 aliphatic rings. The molecule has 0 atom stereocenters. The lowest BCUT2D eigenvalue weighted by Crippen LogP contribution is -2.44. The van der Waals surface area contributed by atoms with Gasteiger partial charge in [-0.3, -0.25) is 0 Å². The van der Waals surface area contributed by atoms with Crippen LogP contribution in [0.3, 0.4) is 0 Å². The van der Waals surface area contributed by atoms with Gasteiger partial charge >= 0.3 is 0 Å². The molecule has 0 radical (unpaired) electrons. The second-order valence-electron chi connectivity index (χ2n) is 4.04. The number of para-hydroxylation sites is 1. The zero-order valence-corrected chi connectivity index (χ0v) is 11.2. The summed E-state index contributed by atoms with van der Waals surface area (Å²) in [4.78, 5) is 7.19. The summed E-state index contributed by atoms with van der Waals surface area (Å²) in [5.74, 6) is 0.803. The number of hydrogen-bond acceptors (Lipinski definition) is 2. The van der Waals surface area contributed by atoms with Gasteiger partial charge in [0.05, 0.1) is 13.2 Å². The molecule has 1 aromatic rings. The third-order valence-electron chi connectivity index (χ3n) is 2.60. The van der Waals surface area contributed by atoms with Gasteiger partial charge in [0.25, 0.3) is 0 Å². The SMILES string of the molecule is CC(=S)N=C(Nc1ccccc1)N1CCOCC1. The van der Waals surface area contributed by atoms with Crippen LogP contribution in [-0.2, 0) is 4.74 Å². The Balaban J connectivity index is 2.12. The summed E-state index contributed by atoms with van der Waals surface area (Å²) in [5, 5.41) is 3.31. The van der Waals surface area contributed by atoms with Crippen LogP contribution in [0.2, 0.25) is 0 Å². The average Bonchev–Trinajstić information content (AvgIpc) is 2.40. The summed E-state index contributed by atoms with van der Waals surface area (Å²) in [7, 11) is 0. The van der Waals surface area contributed by atoms with Crippen molar-refractivity contribution in [1.29, 1.82) is 0 Å². The molecule has 0 aromatic heterocycles. The molecule has 18 heavy (non-hydrogen) atoms. The lowest BCUT2D eigenvalue weighted by Gasteiger charge is -2.30. The molecule has 0 saturated carbocycles. The van der Waals surface area contributed by atoms with Crippen molar-refractivity contribution in [3.63, 3.8) is 0 Å². The Kier molecular flexibility index (Phi) is 4.66. The van der Waals surface area contributed by atoms with Crippen LogP contribution in [0.25, 0.3) is 0 Å². The number of ether oxygens (including phenoxy) is 1. The van der Waals surface area contributed by atoms with E-state index in [4.69, 9.17) is 17.0 Å². The minimum atomic E-state index is 0.625. The molecule has 2 rings (SSSR count). The normalized spacial score (nSPS) is 16.5. The summed E-state index contributed by atoms with van der Waals surface area (Å²) < 4.78 is 5.35. The Hall–Kier alpha value is -1.46. The van der Waals surface area contributed by atoms with Gasteiger partial charge in [0.2, 0.25) is 5.96 Å². The van der Waals surface area contributed by atoms with Gasteiger partial charge in [-0.25, -0.2) is 4.99 Å². The number of benzene rings is 1. The van der Waals surface area contributed by atoms with Crippen LogP contribution in [0.5, 0.6) is 0 Å². The van der Waals surface area contributed by atoms with Gasteiger partial charge in [-0.15, -0.1) is 0 Å². The van der Waals surface area contributed by atoms with Crippen molar-refractivity contribution in [2.45, 2.75) is 6.92 Å². The number of nitrogens with zero attached hydrogens (tertiary/aromatic N) is 2. The van der Waals surface area contributed by atoms with Gasteiger partial charge in [0, 0.05) is 18.8 Å². The molecule has 0 unspecified atom stereocenters. The summed E-state index contributed by atoms with van der Waals surface area (Å²) in [6.45, 7) is 4.95. The van der Waals surface area contributed by atoms with E-state index >= 15 is 0 Å². The Morgan fingerprint density at radius 1 is 1.28 bits per heavy atom. The predicted molar refractivity (Wildman–Crippen MR) is 78.2 cm³/mol. The van der Waals surface area contributed by atoms with E-state index in [-0.39, 0.29) is 0 Å².